The first kappa shape index (κ1) is 5.53. The predicted octanol–water partition coefficient (Wildman–Crippen LogP) is 0.981. The quantitative estimate of drug-likeness (QED) is 0.528. The van der Waals surface area contributed by atoms with Gasteiger partial charge >= 0.3 is 0 Å². The first-order valence-corrected chi connectivity index (χ1v) is 3.24. The minimum absolute atomic E-state index is 0.998. The topological polar surface area (TPSA) is 22.2 Å². The zero-order chi connectivity index (χ0) is 7.14. The Kier molecular flexibility index (Phi) is 0.897. The Morgan fingerprint density at radius 1 is 1.40 bits per heavy atom. The summed E-state index contributed by atoms with van der Waals surface area (Å²) in [6, 6.07) is 0. The van der Waals surface area contributed by atoms with Crippen LogP contribution >= 0.6 is 0 Å². The van der Waals surface area contributed by atoms with E-state index in [0.717, 1.165) is 11.5 Å². The number of hydrogen-bond donors (Lipinski definition) is 0. The summed E-state index contributed by atoms with van der Waals surface area (Å²) in [5.41, 5.74) is 1.06. The summed E-state index contributed by atoms with van der Waals surface area (Å²) >= 11 is 0. The molecule has 0 aliphatic carbocycles. The van der Waals surface area contributed by atoms with Crippen molar-refractivity contribution in [3.05, 3.63) is 24.3 Å². The minimum atomic E-state index is 0.998. The van der Waals surface area contributed by atoms with Crippen LogP contribution in [-0.2, 0) is 7.05 Å². The smallest absolute Gasteiger partial charge is 0.213 e. The van der Waals surface area contributed by atoms with Crippen molar-refractivity contribution in [2.45, 2.75) is 6.92 Å². The van der Waals surface area contributed by atoms with E-state index in [1.165, 1.54) is 0 Å². The number of aryl methyl sites for hydroxylation is 2. The van der Waals surface area contributed by atoms with Crippen molar-refractivity contribution in [3.63, 3.8) is 0 Å². The molecule has 0 spiro atoms. The molecule has 2 rings (SSSR count). The van der Waals surface area contributed by atoms with E-state index >= 15 is 0 Å². The summed E-state index contributed by atoms with van der Waals surface area (Å²) in [5, 5.41) is 0. The highest BCUT2D eigenvalue weighted by Crippen LogP contribution is 2.02. The lowest BCUT2D eigenvalue weighted by Gasteiger charge is -1.85. The molecular formula is C7H9N3. The fraction of sp³-hybridized carbons (Fsp3) is 0.286. The van der Waals surface area contributed by atoms with Gasteiger partial charge in [-0.1, -0.05) is 0 Å². The third-order valence-electron chi connectivity index (χ3n) is 1.60. The van der Waals surface area contributed by atoms with Crippen LogP contribution in [0, 0.1) is 6.92 Å². The molecule has 0 bridgehead atoms. The van der Waals surface area contributed by atoms with Crippen LogP contribution in [0.1, 0.15) is 5.69 Å². The second-order valence-electron chi connectivity index (χ2n) is 2.50. The average molecular weight is 135 g/mol. The Morgan fingerprint density at radius 3 is 2.90 bits per heavy atom. The van der Waals surface area contributed by atoms with Crippen LogP contribution in [-0.4, -0.2) is 14.0 Å². The van der Waals surface area contributed by atoms with Crippen LogP contribution in [0.15, 0.2) is 18.6 Å². The highest BCUT2D eigenvalue weighted by molar-refractivity contribution is 5.31. The van der Waals surface area contributed by atoms with E-state index in [1.807, 2.05) is 41.5 Å². The van der Waals surface area contributed by atoms with Gasteiger partial charge in [-0.2, -0.15) is 0 Å². The molecule has 2 aromatic heterocycles. The van der Waals surface area contributed by atoms with Gasteiger partial charge in [-0.25, -0.2) is 4.98 Å². The molecule has 0 saturated heterocycles. The number of aromatic nitrogens is 3. The molecule has 0 N–H and O–H groups in total. The van der Waals surface area contributed by atoms with Gasteiger partial charge in [0.25, 0.3) is 0 Å². The number of fused-ring (bicyclic) bond motifs is 1. The molecule has 10 heavy (non-hydrogen) atoms. The highest BCUT2D eigenvalue weighted by Gasteiger charge is 1.98. The van der Waals surface area contributed by atoms with Crippen molar-refractivity contribution < 1.29 is 0 Å². The molecule has 0 unspecified atom stereocenters. The van der Waals surface area contributed by atoms with E-state index in [4.69, 9.17) is 0 Å². The summed E-state index contributed by atoms with van der Waals surface area (Å²) in [5.74, 6) is 0.998. The van der Waals surface area contributed by atoms with Gasteiger partial charge in [0.2, 0.25) is 5.78 Å². The second-order valence-corrected chi connectivity index (χ2v) is 2.50. The first-order chi connectivity index (χ1) is 4.77. The van der Waals surface area contributed by atoms with Crippen LogP contribution in [0.4, 0.5) is 0 Å². The van der Waals surface area contributed by atoms with Gasteiger partial charge in [-0.05, 0) is 6.92 Å². The Morgan fingerprint density at radius 2 is 2.20 bits per heavy atom. The van der Waals surface area contributed by atoms with E-state index < -0.39 is 0 Å². The molecule has 0 aliphatic rings. The summed E-state index contributed by atoms with van der Waals surface area (Å²) in [4.78, 5) is 4.30. The molecule has 52 valence electrons. The van der Waals surface area contributed by atoms with E-state index in [-0.39, 0.29) is 0 Å². The molecular weight excluding hydrogens is 126 g/mol. The van der Waals surface area contributed by atoms with E-state index in [0.29, 0.717) is 0 Å². The number of nitrogens with zero attached hydrogens (tertiary/aromatic N) is 3. The maximum Gasteiger partial charge on any atom is 0.213 e. The molecule has 0 saturated carbocycles. The Bertz CT molecular complexity index is 356. The zero-order valence-corrected chi connectivity index (χ0v) is 6.07. The largest absolute Gasteiger partial charge is 0.320 e. The molecule has 2 heterocycles. The van der Waals surface area contributed by atoms with Crippen molar-refractivity contribution in [2.24, 2.45) is 7.05 Å². The fourth-order valence-electron chi connectivity index (χ4n) is 1.11. The monoisotopic (exact) mass is 135 g/mol. The van der Waals surface area contributed by atoms with Crippen molar-refractivity contribution in [2.75, 3.05) is 0 Å². The molecule has 0 fully saturated rings. The van der Waals surface area contributed by atoms with Crippen molar-refractivity contribution in [1.82, 2.24) is 14.0 Å². The Hall–Kier alpha value is -1.25. The van der Waals surface area contributed by atoms with Crippen LogP contribution < -0.4 is 0 Å². The van der Waals surface area contributed by atoms with Gasteiger partial charge in [-0.15, -0.1) is 0 Å². The zero-order valence-electron chi connectivity index (χ0n) is 6.07. The van der Waals surface area contributed by atoms with Crippen molar-refractivity contribution in [3.8, 4) is 0 Å². The maximum absolute atomic E-state index is 4.30. The lowest BCUT2D eigenvalue weighted by molar-refractivity contribution is 0.935. The molecule has 0 aliphatic heterocycles. The third-order valence-corrected chi connectivity index (χ3v) is 1.60. The third kappa shape index (κ3) is 0.572. The van der Waals surface area contributed by atoms with Crippen LogP contribution in [0.25, 0.3) is 5.78 Å². The van der Waals surface area contributed by atoms with E-state index in [2.05, 4.69) is 4.98 Å². The maximum atomic E-state index is 4.30. The van der Waals surface area contributed by atoms with Gasteiger partial charge in [0.1, 0.15) is 0 Å². The standard InChI is InChI=1S/C7H9N3/c1-6-5-10-4-3-9(2)7(10)8-6/h3-5H,1-2H3. The van der Waals surface area contributed by atoms with Gasteiger partial charge in [0.05, 0.1) is 5.69 Å². The first-order valence-electron chi connectivity index (χ1n) is 3.24. The summed E-state index contributed by atoms with van der Waals surface area (Å²) in [6.45, 7) is 1.99. The molecule has 0 amide bonds. The molecule has 0 atom stereocenters. The minimum Gasteiger partial charge on any atom is -0.320 e. The van der Waals surface area contributed by atoms with Gasteiger partial charge in [0, 0.05) is 25.6 Å². The SMILES string of the molecule is Cc1cn2ccn(C)c2n1. The van der Waals surface area contributed by atoms with Crippen LogP contribution in [0.2, 0.25) is 0 Å². The van der Waals surface area contributed by atoms with Gasteiger partial charge < -0.3 is 4.57 Å². The summed E-state index contributed by atoms with van der Waals surface area (Å²) < 4.78 is 4.00. The number of imidazole rings is 2. The average Bonchev–Trinajstić information content (AvgIpc) is 2.35. The molecule has 0 radical (unpaired) electrons. The van der Waals surface area contributed by atoms with Crippen molar-refractivity contribution >= 4 is 5.78 Å². The van der Waals surface area contributed by atoms with Gasteiger partial charge in [-0.3, -0.25) is 4.40 Å². The number of rotatable bonds is 0. The number of hydrogen-bond acceptors (Lipinski definition) is 1. The lowest BCUT2D eigenvalue weighted by Crippen LogP contribution is -1.85. The lowest BCUT2D eigenvalue weighted by atomic mass is 10.6. The van der Waals surface area contributed by atoms with E-state index in [1.54, 1.807) is 0 Å². The van der Waals surface area contributed by atoms with Crippen LogP contribution in [0.5, 0.6) is 0 Å². The van der Waals surface area contributed by atoms with Crippen LogP contribution in [0.3, 0.4) is 0 Å². The predicted molar refractivity (Wildman–Crippen MR) is 38.9 cm³/mol. The van der Waals surface area contributed by atoms with E-state index in [9.17, 15) is 0 Å². The second kappa shape index (κ2) is 1.62. The normalized spacial score (nSPS) is 11.0. The Balaban J connectivity index is 2.90. The highest BCUT2D eigenvalue weighted by atomic mass is 15.2. The molecule has 0 aromatic carbocycles. The Labute approximate surface area is 58.9 Å². The van der Waals surface area contributed by atoms with Crippen molar-refractivity contribution in [1.29, 1.82) is 0 Å². The molecule has 3 nitrogen and oxygen atoms in total. The molecule has 2 aromatic rings. The molecule has 3 heteroatoms. The van der Waals surface area contributed by atoms with Gasteiger partial charge in [0.15, 0.2) is 0 Å². The fourth-order valence-corrected chi connectivity index (χ4v) is 1.11. The summed E-state index contributed by atoms with van der Waals surface area (Å²) in [7, 11) is 1.99. The summed E-state index contributed by atoms with van der Waals surface area (Å²) in [6.07, 6.45) is 5.99.